The largest absolute Gasteiger partial charge is 0.322 e. The Kier molecular flexibility index (Phi) is 5.30. The summed E-state index contributed by atoms with van der Waals surface area (Å²) in [6, 6.07) is 9.59. The number of hydrogen-bond acceptors (Lipinski definition) is 5. The second kappa shape index (κ2) is 7.62. The second-order valence-corrected chi connectivity index (χ2v) is 6.70. The van der Waals surface area contributed by atoms with Crippen molar-refractivity contribution in [1.82, 2.24) is 20.2 Å². The van der Waals surface area contributed by atoms with Gasteiger partial charge in [0.15, 0.2) is 11.0 Å². The van der Waals surface area contributed by atoms with Crippen LogP contribution < -0.4 is 5.32 Å². The third kappa shape index (κ3) is 4.15. The van der Waals surface area contributed by atoms with Crippen LogP contribution in [0.2, 0.25) is 5.15 Å². The number of thioether (sulfide) groups is 1. The maximum Gasteiger partial charge on any atom is 0.237 e. The molecule has 1 amide bonds. The van der Waals surface area contributed by atoms with Gasteiger partial charge >= 0.3 is 0 Å². The van der Waals surface area contributed by atoms with E-state index in [0.717, 1.165) is 11.8 Å². The van der Waals surface area contributed by atoms with Crippen molar-refractivity contribution in [2.75, 3.05) is 5.32 Å². The monoisotopic (exact) mass is 377 g/mol. The van der Waals surface area contributed by atoms with E-state index in [1.807, 2.05) is 0 Å². The predicted molar refractivity (Wildman–Crippen MR) is 95.0 cm³/mol. The van der Waals surface area contributed by atoms with Crippen LogP contribution in [0.4, 0.5) is 10.1 Å². The summed E-state index contributed by atoms with van der Waals surface area (Å²) < 4.78 is 13.8. The lowest BCUT2D eigenvalue weighted by Crippen LogP contribution is -2.22. The van der Waals surface area contributed by atoms with Crippen LogP contribution in [0.15, 0.2) is 47.8 Å². The van der Waals surface area contributed by atoms with Gasteiger partial charge in [-0.1, -0.05) is 35.5 Å². The standard InChI is InChI=1S/C16H13ClFN5OS/c1-9(15(24)20-12-7-4-8-19-13(12)17)25-16-21-14(22-23-16)10-5-2-3-6-11(10)18/h2-9H,1H3,(H,20,24)(H,21,22,23)/t9-/m1/s1. The Morgan fingerprint density at radius 1 is 1.32 bits per heavy atom. The molecule has 0 aliphatic heterocycles. The van der Waals surface area contributed by atoms with E-state index in [9.17, 15) is 9.18 Å². The highest BCUT2D eigenvalue weighted by molar-refractivity contribution is 8.00. The molecule has 3 rings (SSSR count). The number of anilines is 1. The molecule has 2 aromatic heterocycles. The normalized spacial score (nSPS) is 12.0. The van der Waals surface area contributed by atoms with E-state index in [1.54, 1.807) is 37.3 Å². The summed E-state index contributed by atoms with van der Waals surface area (Å²) >= 11 is 7.07. The topological polar surface area (TPSA) is 83.6 Å². The van der Waals surface area contributed by atoms with Gasteiger partial charge in [-0.2, -0.15) is 0 Å². The van der Waals surface area contributed by atoms with Crippen molar-refractivity contribution < 1.29 is 9.18 Å². The van der Waals surface area contributed by atoms with Crippen LogP contribution in [-0.4, -0.2) is 31.3 Å². The summed E-state index contributed by atoms with van der Waals surface area (Å²) in [6.07, 6.45) is 1.54. The second-order valence-electron chi connectivity index (χ2n) is 5.04. The van der Waals surface area contributed by atoms with E-state index in [2.05, 4.69) is 25.5 Å². The fourth-order valence-corrected chi connectivity index (χ4v) is 2.89. The highest BCUT2D eigenvalue weighted by Crippen LogP contribution is 2.25. The molecule has 9 heteroatoms. The van der Waals surface area contributed by atoms with Gasteiger partial charge in [0.25, 0.3) is 0 Å². The van der Waals surface area contributed by atoms with E-state index < -0.39 is 11.1 Å². The molecule has 0 saturated carbocycles. The third-order valence-electron chi connectivity index (χ3n) is 3.26. The van der Waals surface area contributed by atoms with Gasteiger partial charge in [0.1, 0.15) is 5.82 Å². The van der Waals surface area contributed by atoms with Crippen LogP contribution in [0, 0.1) is 5.82 Å². The number of amides is 1. The maximum atomic E-state index is 13.8. The van der Waals surface area contributed by atoms with Crippen molar-refractivity contribution >= 4 is 35.0 Å². The number of rotatable bonds is 5. The average molecular weight is 378 g/mol. The van der Waals surface area contributed by atoms with Crippen molar-refractivity contribution in [3.8, 4) is 11.4 Å². The number of aromatic nitrogens is 4. The quantitative estimate of drug-likeness (QED) is 0.522. The van der Waals surface area contributed by atoms with Crippen molar-refractivity contribution in [2.24, 2.45) is 0 Å². The summed E-state index contributed by atoms with van der Waals surface area (Å²) in [6.45, 7) is 1.71. The maximum absolute atomic E-state index is 13.8. The number of H-pyrrole nitrogens is 1. The van der Waals surface area contributed by atoms with Crippen molar-refractivity contribution in [1.29, 1.82) is 0 Å². The van der Waals surface area contributed by atoms with E-state index in [-0.39, 0.29) is 11.1 Å². The minimum Gasteiger partial charge on any atom is -0.322 e. The lowest BCUT2D eigenvalue weighted by molar-refractivity contribution is -0.115. The number of benzene rings is 1. The SMILES string of the molecule is C[C@@H](Sc1n[nH]c(-c2ccccc2F)n1)C(=O)Nc1cccnc1Cl. The zero-order chi connectivity index (χ0) is 17.8. The minimum absolute atomic E-state index is 0.216. The first kappa shape index (κ1) is 17.4. The predicted octanol–water partition coefficient (Wildman–Crippen LogP) is 3.78. The summed E-state index contributed by atoms with van der Waals surface area (Å²) in [7, 11) is 0. The molecular weight excluding hydrogens is 365 g/mol. The fourth-order valence-electron chi connectivity index (χ4n) is 2.00. The van der Waals surface area contributed by atoms with Crippen LogP contribution in [-0.2, 0) is 4.79 Å². The molecule has 0 radical (unpaired) electrons. The molecule has 0 unspecified atom stereocenters. The van der Waals surface area contributed by atoms with Gasteiger partial charge in [-0.25, -0.2) is 14.4 Å². The molecule has 2 N–H and O–H groups in total. The molecule has 1 aromatic carbocycles. The zero-order valence-corrected chi connectivity index (χ0v) is 14.6. The van der Waals surface area contributed by atoms with E-state index >= 15 is 0 Å². The summed E-state index contributed by atoms with van der Waals surface area (Å²) in [5.41, 5.74) is 0.754. The van der Waals surface area contributed by atoms with Crippen LogP contribution in [0.3, 0.4) is 0 Å². The number of pyridine rings is 1. The molecular formula is C16H13ClFN5OS. The third-order valence-corrected chi connectivity index (χ3v) is 4.52. The van der Waals surface area contributed by atoms with Gasteiger partial charge in [-0.3, -0.25) is 9.89 Å². The molecule has 25 heavy (non-hydrogen) atoms. The van der Waals surface area contributed by atoms with Crippen molar-refractivity contribution in [2.45, 2.75) is 17.3 Å². The minimum atomic E-state index is -0.486. The molecule has 1 atom stereocenters. The lowest BCUT2D eigenvalue weighted by Gasteiger charge is -2.10. The number of nitrogens with one attached hydrogen (secondary N) is 2. The molecule has 3 aromatic rings. The summed E-state index contributed by atoms with van der Waals surface area (Å²) in [5.74, 6) is -0.354. The van der Waals surface area contributed by atoms with E-state index in [0.29, 0.717) is 22.2 Å². The molecule has 2 heterocycles. The molecule has 6 nitrogen and oxygen atoms in total. The van der Waals surface area contributed by atoms with Gasteiger partial charge in [0, 0.05) is 6.20 Å². The van der Waals surface area contributed by atoms with Crippen LogP contribution in [0.5, 0.6) is 0 Å². The highest BCUT2D eigenvalue weighted by Gasteiger charge is 2.19. The van der Waals surface area contributed by atoms with Gasteiger partial charge in [-0.15, -0.1) is 5.10 Å². The van der Waals surface area contributed by atoms with Gasteiger partial charge in [-0.05, 0) is 31.2 Å². The first-order valence-electron chi connectivity index (χ1n) is 7.30. The number of carbonyl (C=O) groups is 1. The molecule has 0 spiro atoms. The first-order chi connectivity index (χ1) is 12.0. The Labute approximate surface area is 152 Å². The van der Waals surface area contributed by atoms with Crippen molar-refractivity contribution in [3.63, 3.8) is 0 Å². The number of carbonyl (C=O) groups excluding carboxylic acids is 1. The van der Waals surface area contributed by atoms with Crippen molar-refractivity contribution in [3.05, 3.63) is 53.6 Å². The van der Waals surface area contributed by atoms with Gasteiger partial charge < -0.3 is 5.32 Å². The number of nitrogens with zero attached hydrogens (tertiary/aromatic N) is 3. The molecule has 128 valence electrons. The zero-order valence-electron chi connectivity index (χ0n) is 13.0. The lowest BCUT2D eigenvalue weighted by atomic mass is 10.2. The summed E-state index contributed by atoms with van der Waals surface area (Å²) in [4.78, 5) is 20.4. The number of aromatic amines is 1. The first-order valence-corrected chi connectivity index (χ1v) is 8.55. The Bertz CT molecular complexity index is 903. The number of hydrogen-bond donors (Lipinski definition) is 2. The Morgan fingerprint density at radius 2 is 2.12 bits per heavy atom. The molecule has 0 aliphatic rings. The molecule has 0 aliphatic carbocycles. The van der Waals surface area contributed by atoms with Gasteiger partial charge in [0.05, 0.1) is 16.5 Å². The molecule has 0 bridgehead atoms. The van der Waals surface area contributed by atoms with Crippen LogP contribution in [0.25, 0.3) is 11.4 Å². The fraction of sp³-hybridized carbons (Fsp3) is 0.125. The van der Waals surface area contributed by atoms with Gasteiger partial charge in [0.2, 0.25) is 11.1 Å². The van der Waals surface area contributed by atoms with E-state index in [4.69, 9.17) is 11.6 Å². The Morgan fingerprint density at radius 3 is 2.88 bits per heavy atom. The summed E-state index contributed by atoms with van der Waals surface area (Å²) in [5, 5.41) is 9.48. The van der Waals surface area contributed by atoms with Crippen LogP contribution >= 0.6 is 23.4 Å². The van der Waals surface area contributed by atoms with Crippen LogP contribution in [0.1, 0.15) is 6.92 Å². The number of halogens is 2. The smallest absolute Gasteiger partial charge is 0.237 e. The average Bonchev–Trinajstić information content (AvgIpc) is 3.05. The Hall–Kier alpha value is -2.45. The highest BCUT2D eigenvalue weighted by atomic mass is 35.5. The molecule has 0 saturated heterocycles. The Balaban J connectivity index is 1.67. The molecule has 0 fully saturated rings. The van der Waals surface area contributed by atoms with E-state index in [1.165, 1.54) is 12.3 Å².